The van der Waals surface area contributed by atoms with Crippen LogP contribution in [0.25, 0.3) is 11.3 Å². The fourth-order valence-electron chi connectivity index (χ4n) is 3.31. The lowest BCUT2D eigenvalue weighted by atomic mass is 10.0. The highest BCUT2D eigenvalue weighted by molar-refractivity contribution is 7.91. The molecule has 0 atom stereocenters. The molecule has 35 heavy (non-hydrogen) atoms. The summed E-state index contributed by atoms with van der Waals surface area (Å²) in [5, 5.41) is 5.15. The molecule has 1 aromatic carbocycles. The normalized spacial score (nSPS) is 15.2. The number of carbonyl (C=O) groups is 3. The molecule has 0 aliphatic carbocycles. The number of likely N-dealkylation sites (N-methyl/N-ethyl adjacent to an activating group) is 1. The van der Waals surface area contributed by atoms with Crippen molar-refractivity contribution in [2.45, 2.75) is 16.9 Å². The second kappa shape index (κ2) is 9.02. The van der Waals surface area contributed by atoms with E-state index in [2.05, 4.69) is 9.97 Å². The van der Waals surface area contributed by atoms with Crippen LogP contribution in [0.15, 0.2) is 65.0 Å². The van der Waals surface area contributed by atoms with Gasteiger partial charge in [0.25, 0.3) is 0 Å². The lowest BCUT2D eigenvalue weighted by Gasteiger charge is -2.32. The second-order valence-electron chi connectivity index (χ2n) is 7.36. The van der Waals surface area contributed by atoms with Gasteiger partial charge in [-0.05, 0) is 31.2 Å². The predicted molar refractivity (Wildman–Crippen MR) is 124 cm³/mol. The van der Waals surface area contributed by atoms with Crippen LogP contribution in [-0.4, -0.2) is 43.3 Å². The van der Waals surface area contributed by atoms with E-state index >= 15 is 0 Å². The maximum absolute atomic E-state index is 13.7. The van der Waals surface area contributed by atoms with Crippen molar-refractivity contribution in [1.82, 2.24) is 9.97 Å². The summed E-state index contributed by atoms with van der Waals surface area (Å²) in [4.78, 5) is 47.7. The topological polar surface area (TPSA) is 159 Å². The third-order valence-corrected chi connectivity index (χ3v) is 7.73. The van der Waals surface area contributed by atoms with Gasteiger partial charge in [-0.1, -0.05) is 29.5 Å². The summed E-state index contributed by atoms with van der Waals surface area (Å²) in [5.74, 6) is -5.49. The number of benzene rings is 1. The van der Waals surface area contributed by atoms with Crippen LogP contribution in [0, 0.1) is 6.92 Å². The first-order valence-corrected chi connectivity index (χ1v) is 12.3. The molecule has 0 saturated heterocycles. The summed E-state index contributed by atoms with van der Waals surface area (Å²) in [5.41, 5.74) is 1.47. The average molecular weight is 515 g/mol. The van der Waals surface area contributed by atoms with Crippen LogP contribution in [0.5, 0.6) is 0 Å². The number of cyclic esters (lactones) is 2. The molecule has 13 heteroatoms. The van der Waals surface area contributed by atoms with Crippen molar-refractivity contribution < 1.29 is 32.3 Å². The van der Waals surface area contributed by atoms with Crippen LogP contribution >= 0.6 is 11.3 Å². The molecule has 0 bridgehead atoms. The number of hydrogen-bond donors (Lipinski definition) is 1. The van der Waals surface area contributed by atoms with Crippen LogP contribution in [0.1, 0.15) is 11.3 Å². The first-order valence-electron chi connectivity index (χ1n) is 9.95. The number of primary sulfonamides is 1. The minimum atomic E-state index is -4.09. The maximum atomic E-state index is 13.7. The number of nitrogens with two attached hydrogens (primary N) is 1. The Kier molecular flexibility index (Phi) is 6.23. The fraction of sp³-hybridized carbons (Fsp3) is 0.136. The van der Waals surface area contributed by atoms with E-state index < -0.39 is 33.7 Å². The highest BCUT2D eigenvalue weighted by Gasteiger charge is 2.52. The largest absolute Gasteiger partial charge is 0.406 e. The van der Waals surface area contributed by atoms with E-state index in [0.717, 1.165) is 17.1 Å². The zero-order valence-electron chi connectivity index (χ0n) is 18.4. The molecule has 3 heterocycles. The van der Waals surface area contributed by atoms with E-state index in [1.807, 2.05) is 6.07 Å². The minimum absolute atomic E-state index is 0.0411. The monoisotopic (exact) mass is 514 g/mol. The smallest absolute Gasteiger partial charge is 0.365 e. The van der Waals surface area contributed by atoms with Crippen LogP contribution in [0.4, 0.5) is 5.13 Å². The van der Waals surface area contributed by atoms with Gasteiger partial charge in [-0.15, -0.1) is 0 Å². The highest BCUT2D eigenvalue weighted by Crippen LogP contribution is 2.36. The Hall–Kier alpha value is -3.94. The number of nitrogens with zero attached hydrogens (tertiary/aromatic N) is 3. The minimum Gasteiger partial charge on any atom is -0.406 e. The number of ether oxygens (including phenoxy) is 2. The number of anilines is 1. The van der Waals surface area contributed by atoms with Crippen molar-refractivity contribution in [2.24, 2.45) is 5.14 Å². The van der Waals surface area contributed by atoms with E-state index in [4.69, 9.17) is 14.6 Å². The van der Waals surface area contributed by atoms with Gasteiger partial charge in [-0.25, -0.2) is 28.1 Å². The van der Waals surface area contributed by atoms with Crippen molar-refractivity contribution in [3.8, 4) is 11.3 Å². The van der Waals surface area contributed by atoms with Gasteiger partial charge in [-0.2, -0.15) is 0 Å². The number of pyridine rings is 1. The van der Waals surface area contributed by atoms with Crippen molar-refractivity contribution in [2.75, 3.05) is 11.9 Å². The van der Waals surface area contributed by atoms with Crippen LogP contribution in [0.3, 0.4) is 0 Å². The SMILES string of the molecule is Cc1nc(N(C)C(=O)C2(c3ccc(-c4ccccn4)cc3)OC(=O)C=CC(=O)O2)sc1S(N)(=O)=O. The van der Waals surface area contributed by atoms with Crippen molar-refractivity contribution in [3.63, 3.8) is 0 Å². The number of aryl methyl sites for hydroxylation is 1. The molecule has 180 valence electrons. The van der Waals surface area contributed by atoms with E-state index in [1.54, 1.807) is 30.5 Å². The Balaban J connectivity index is 1.79. The molecule has 0 saturated carbocycles. The summed E-state index contributed by atoms with van der Waals surface area (Å²) in [6, 6.07) is 11.5. The molecular weight excluding hydrogens is 496 g/mol. The summed E-state index contributed by atoms with van der Waals surface area (Å²) >= 11 is 0.643. The van der Waals surface area contributed by atoms with Crippen molar-refractivity contribution >= 4 is 44.3 Å². The Morgan fingerprint density at radius 2 is 1.69 bits per heavy atom. The fourth-order valence-corrected chi connectivity index (χ4v) is 5.22. The van der Waals surface area contributed by atoms with Gasteiger partial charge in [0.05, 0.1) is 11.4 Å². The van der Waals surface area contributed by atoms with Crippen LogP contribution < -0.4 is 10.0 Å². The summed E-state index contributed by atoms with van der Waals surface area (Å²) in [7, 11) is -2.81. The molecule has 0 unspecified atom stereocenters. The predicted octanol–water partition coefficient (Wildman–Crippen LogP) is 1.63. The number of thiazole rings is 1. The van der Waals surface area contributed by atoms with Gasteiger partial charge in [-0.3, -0.25) is 14.7 Å². The van der Waals surface area contributed by atoms with Gasteiger partial charge in [0.2, 0.25) is 10.0 Å². The first kappa shape index (κ1) is 24.2. The number of aromatic nitrogens is 2. The third-order valence-electron chi connectivity index (χ3n) is 4.94. The van der Waals surface area contributed by atoms with Gasteiger partial charge in [0, 0.05) is 36.5 Å². The van der Waals surface area contributed by atoms with Crippen LogP contribution in [-0.2, 0) is 39.7 Å². The number of carbonyl (C=O) groups excluding carboxylic acids is 3. The van der Waals surface area contributed by atoms with Crippen molar-refractivity contribution in [1.29, 1.82) is 0 Å². The lowest BCUT2D eigenvalue weighted by molar-refractivity contribution is -0.222. The van der Waals surface area contributed by atoms with Crippen LogP contribution in [0.2, 0.25) is 0 Å². The summed E-state index contributed by atoms with van der Waals surface area (Å²) in [6.45, 7) is 1.42. The second-order valence-corrected chi connectivity index (χ2v) is 10.1. The van der Waals surface area contributed by atoms with Gasteiger partial charge in [0.15, 0.2) is 9.34 Å². The molecule has 2 aromatic heterocycles. The summed E-state index contributed by atoms with van der Waals surface area (Å²) < 4.78 is 34.1. The third kappa shape index (κ3) is 4.69. The van der Waals surface area contributed by atoms with E-state index in [-0.39, 0.29) is 20.6 Å². The first-order chi connectivity index (χ1) is 16.5. The van der Waals surface area contributed by atoms with E-state index in [0.29, 0.717) is 22.6 Å². The molecule has 0 spiro atoms. The Bertz CT molecular complexity index is 1430. The molecule has 1 amide bonds. The van der Waals surface area contributed by atoms with Gasteiger partial charge >= 0.3 is 23.6 Å². The van der Waals surface area contributed by atoms with Gasteiger partial charge < -0.3 is 9.47 Å². The Morgan fingerprint density at radius 3 is 2.20 bits per heavy atom. The molecule has 1 aliphatic rings. The molecule has 0 fully saturated rings. The lowest BCUT2D eigenvalue weighted by Crippen LogP contribution is -2.50. The molecule has 4 rings (SSSR count). The van der Waals surface area contributed by atoms with E-state index in [1.165, 1.54) is 26.1 Å². The molecule has 1 aliphatic heterocycles. The van der Waals surface area contributed by atoms with Gasteiger partial charge in [0.1, 0.15) is 0 Å². The number of sulfonamides is 1. The molecule has 3 aromatic rings. The number of amides is 1. The average Bonchev–Trinajstić information content (AvgIpc) is 3.16. The highest BCUT2D eigenvalue weighted by atomic mass is 32.2. The quantitative estimate of drug-likeness (QED) is 0.499. The number of hydrogen-bond acceptors (Lipinski definition) is 10. The molecule has 0 radical (unpaired) electrons. The van der Waals surface area contributed by atoms with E-state index in [9.17, 15) is 22.8 Å². The zero-order chi connectivity index (χ0) is 25.4. The molecule has 2 N–H and O–H groups in total. The molecular formula is C22H18N4O7S2. The standard InChI is InChI=1S/C22H18N4O7S2/c1-13-19(35(23,30)31)34-21(25-13)26(2)20(29)22(32-17(27)10-11-18(28)33-22)15-8-6-14(7-9-15)16-5-3-4-12-24-16/h3-12H,1-2H3,(H2,23,30,31). The Morgan fingerprint density at radius 1 is 1.06 bits per heavy atom. The Labute approximate surface area is 203 Å². The summed E-state index contributed by atoms with van der Waals surface area (Å²) in [6.07, 6.45) is 3.30. The van der Waals surface area contributed by atoms with Crippen molar-refractivity contribution in [3.05, 3.63) is 72.1 Å². The zero-order valence-corrected chi connectivity index (χ0v) is 20.0. The molecule has 11 nitrogen and oxygen atoms in total. The maximum Gasteiger partial charge on any atom is 0.365 e. The number of rotatable bonds is 5. The number of esters is 2.